The average molecular weight is 288 g/mol. The number of rotatable bonds is 3. The van der Waals surface area contributed by atoms with E-state index in [1.165, 1.54) is 16.7 Å². The number of nitrogens with zero attached hydrogens (tertiary/aromatic N) is 1. The molecule has 21 heavy (non-hydrogen) atoms. The Morgan fingerprint density at radius 3 is 2.86 bits per heavy atom. The lowest BCUT2D eigenvalue weighted by Gasteiger charge is -2.28. The third kappa shape index (κ3) is 2.83. The molecule has 4 nitrogen and oxygen atoms in total. The van der Waals surface area contributed by atoms with Gasteiger partial charge in [-0.2, -0.15) is 0 Å². The van der Waals surface area contributed by atoms with Crippen LogP contribution in [0.4, 0.5) is 0 Å². The number of benzene rings is 1. The predicted molar refractivity (Wildman–Crippen MR) is 81.9 cm³/mol. The van der Waals surface area contributed by atoms with Crippen LogP contribution in [-0.4, -0.2) is 36.1 Å². The Labute approximate surface area is 126 Å². The topological polar surface area (TPSA) is 41.6 Å². The Balaban J connectivity index is 1.85. The smallest absolute Gasteiger partial charge is 0.241 e. The lowest BCUT2D eigenvalue weighted by Crippen LogP contribution is -2.37. The summed E-state index contributed by atoms with van der Waals surface area (Å²) < 4.78 is 5.71. The SMILES string of the molecule is Cc1ccc(C2NC(C)C(=O)N2CC2CCCO2)c(C)c1. The van der Waals surface area contributed by atoms with Gasteiger partial charge in [0.25, 0.3) is 0 Å². The molecule has 1 amide bonds. The molecule has 3 rings (SSSR count). The lowest BCUT2D eigenvalue weighted by molar-refractivity contribution is -0.131. The summed E-state index contributed by atoms with van der Waals surface area (Å²) in [5.41, 5.74) is 3.67. The summed E-state index contributed by atoms with van der Waals surface area (Å²) in [5, 5.41) is 3.43. The fourth-order valence-electron chi connectivity index (χ4n) is 3.37. The number of carbonyl (C=O) groups excluding carboxylic acids is 1. The molecule has 0 aromatic heterocycles. The maximum atomic E-state index is 12.5. The second kappa shape index (κ2) is 5.78. The third-order valence-corrected chi connectivity index (χ3v) is 4.52. The Hall–Kier alpha value is -1.39. The van der Waals surface area contributed by atoms with Gasteiger partial charge in [0.05, 0.1) is 12.1 Å². The molecule has 2 aliphatic heterocycles. The molecular formula is C17H24N2O2. The van der Waals surface area contributed by atoms with Crippen LogP contribution >= 0.6 is 0 Å². The summed E-state index contributed by atoms with van der Waals surface area (Å²) in [7, 11) is 0. The van der Waals surface area contributed by atoms with Crippen molar-refractivity contribution in [3.63, 3.8) is 0 Å². The minimum absolute atomic E-state index is 0.0303. The molecule has 2 fully saturated rings. The van der Waals surface area contributed by atoms with Crippen molar-refractivity contribution in [2.75, 3.05) is 13.2 Å². The molecule has 0 bridgehead atoms. The van der Waals surface area contributed by atoms with Gasteiger partial charge >= 0.3 is 0 Å². The molecule has 0 saturated carbocycles. The second-order valence-electron chi connectivity index (χ2n) is 6.28. The Morgan fingerprint density at radius 2 is 2.19 bits per heavy atom. The molecule has 1 N–H and O–H groups in total. The maximum Gasteiger partial charge on any atom is 0.241 e. The van der Waals surface area contributed by atoms with Crippen molar-refractivity contribution >= 4 is 5.91 Å². The normalized spacial score (nSPS) is 29.4. The zero-order valence-electron chi connectivity index (χ0n) is 13.1. The standard InChI is InChI=1S/C17H24N2O2/c1-11-6-7-15(12(2)9-11)16-18-13(3)17(20)19(16)10-14-5-4-8-21-14/h6-7,9,13-14,16,18H,4-5,8,10H2,1-3H3. The van der Waals surface area contributed by atoms with Crippen LogP contribution in [-0.2, 0) is 9.53 Å². The molecule has 0 spiro atoms. The van der Waals surface area contributed by atoms with E-state index in [1.54, 1.807) is 0 Å². The largest absolute Gasteiger partial charge is 0.376 e. The molecule has 1 aromatic rings. The highest BCUT2D eigenvalue weighted by molar-refractivity contribution is 5.84. The van der Waals surface area contributed by atoms with Gasteiger partial charge in [0.2, 0.25) is 5.91 Å². The van der Waals surface area contributed by atoms with Crippen molar-refractivity contribution in [3.8, 4) is 0 Å². The monoisotopic (exact) mass is 288 g/mol. The first-order chi connectivity index (χ1) is 10.1. The first-order valence-corrected chi connectivity index (χ1v) is 7.81. The van der Waals surface area contributed by atoms with Crippen molar-refractivity contribution in [3.05, 3.63) is 34.9 Å². The van der Waals surface area contributed by atoms with E-state index in [-0.39, 0.29) is 24.2 Å². The number of hydrogen-bond acceptors (Lipinski definition) is 3. The summed E-state index contributed by atoms with van der Waals surface area (Å²) in [4.78, 5) is 14.4. The zero-order chi connectivity index (χ0) is 15.0. The molecule has 0 aliphatic carbocycles. The molecule has 2 heterocycles. The van der Waals surface area contributed by atoms with Gasteiger partial charge in [-0.05, 0) is 44.7 Å². The number of nitrogens with one attached hydrogen (secondary N) is 1. The van der Waals surface area contributed by atoms with Crippen LogP contribution in [0.25, 0.3) is 0 Å². The van der Waals surface area contributed by atoms with Gasteiger partial charge in [-0.1, -0.05) is 23.8 Å². The van der Waals surface area contributed by atoms with Crippen LogP contribution in [0.1, 0.15) is 42.6 Å². The van der Waals surface area contributed by atoms with E-state index in [4.69, 9.17) is 4.74 Å². The fourth-order valence-corrected chi connectivity index (χ4v) is 3.37. The molecule has 3 atom stereocenters. The van der Waals surface area contributed by atoms with Crippen molar-refractivity contribution in [2.45, 2.75) is 51.9 Å². The molecule has 114 valence electrons. The van der Waals surface area contributed by atoms with E-state index >= 15 is 0 Å². The number of ether oxygens (including phenoxy) is 1. The summed E-state index contributed by atoms with van der Waals surface area (Å²) in [6.07, 6.45) is 2.31. The molecular weight excluding hydrogens is 264 g/mol. The van der Waals surface area contributed by atoms with E-state index < -0.39 is 0 Å². The minimum Gasteiger partial charge on any atom is -0.376 e. The van der Waals surface area contributed by atoms with E-state index in [1.807, 2.05) is 11.8 Å². The minimum atomic E-state index is -0.128. The molecule has 2 aliphatic rings. The summed E-state index contributed by atoms with van der Waals surface area (Å²) in [5.74, 6) is 0.176. The van der Waals surface area contributed by atoms with E-state index in [2.05, 4.69) is 37.4 Å². The van der Waals surface area contributed by atoms with Crippen LogP contribution < -0.4 is 5.32 Å². The van der Waals surface area contributed by atoms with Gasteiger partial charge in [0.1, 0.15) is 6.17 Å². The predicted octanol–water partition coefficient (Wildman–Crippen LogP) is 2.30. The highest BCUT2D eigenvalue weighted by Gasteiger charge is 2.39. The van der Waals surface area contributed by atoms with Gasteiger partial charge in [-0.3, -0.25) is 10.1 Å². The Bertz CT molecular complexity index is 538. The number of amides is 1. The second-order valence-corrected chi connectivity index (χ2v) is 6.28. The molecule has 0 radical (unpaired) electrons. The van der Waals surface area contributed by atoms with E-state index in [0.29, 0.717) is 6.54 Å². The summed E-state index contributed by atoms with van der Waals surface area (Å²) in [6.45, 7) is 7.66. The average Bonchev–Trinajstić information content (AvgIpc) is 3.03. The Kier molecular flexibility index (Phi) is 4.00. The van der Waals surface area contributed by atoms with Crippen LogP contribution in [0.3, 0.4) is 0 Å². The van der Waals surface area contributed by atoms with Crippen LogP contribution in [0.15, 0.2) is 18.2 Å². The first kappa shape index (κ1) is 14.5. The fraction of sp³-hybridized carbons (Fsp3) is 0.588. The van der Waals surface area contributed by atoms with Gasteiger partial charge < -0.3 is 9.64 Å². The highest BCUT2D eigenvalue weighted by atomic mass is 16.5. The van der Waals surface area contributed by atoms with Gasteiger partial charge in [0, 0.05) is 13.2 Å². The zero-order valence-corrected chi connectivity index (χ0v) is 13.1. The van der Waals surface area contributed by atoms with E-state index in [0.717, 1.165) is 19.4 Å². The van der Waals surface area contributed by atoms with Crippen molar-refractivity contribution < 1.29 is 9.53 Å². The van der Waals surface area contributed by atoms with E-state index in [9.17, 15) is 4.79 Å². The Morgan fingerprint density at radius 1 is 1.38 bits per heavy atom. The molecule has 2 saturated heterocycles. The van der Waals surface area contributed by atoms with Gasteiger partial charge in [-0.15, -0.1) is 0 Å². The summed E-state index contributed by atoms with van der Waals surface area (Å²) >= 11 is 0. The number of hydrogen-bond donors (Lipinski definition) is 1. The van der Waals surface area contributed by atoms with Crippen LogP contribution in [0, 0.1) is 13.8 Å². The van der Waals surface area contributed by atoms with Crippen molar-refractivity contribution in [2.24, 2.45) is 0 Å². The first-order valence-electron chi connectivity index (χ1n) is 7.81. The molecule has 4 heteroatoms. The maximum absolute atomic E-state index is 12.5. The van der Waals surface area contributed by atoms with Crippen molar-refractivity contribution in [1.29, 1.82) is 0 Å². The number of aryl methyl sites for hydroxylation is 2. The molecule has 1 aromatic carbocycles. The number of carbonyl (C=O) groups is 1. The van der Waals surface area contributed by atoms with Crippen LogP contribution in [0.2, 0.25) is 0 Å². The molecule has 3 unspecified atom stereocenters. The summed E-state index contributed by atoms with van der Waals surface area (Å²) in [6, 6.07) is 6.30. The highest BCUT2D eigenvalue weighted by Crippen LogP contribution is 2.29. The van der Waals surface area contributed by atoms with Gasteiger partial charge in [-0.25, -0.2) is 0 Å². The lowest BCUT2D eigenvalue weighted by atomic mass is 10.0. The quantitative estimate of drug-likeness (QED) is 0.928. The van der Waals surface area contributed by atoms with Gasteiger partial charge in [0.15, 0.2) is 0 Å². The van der Waals surface area contributed by atoms with Crippen molar-refractivity contribution in [1.82, 2.24) is 10.2 Å². The third-order valence-electron chi connectivity index (χ3n) is 4.52. The van der Waals surface area contributed by atoms with Crippen LogP contribution in [0.5, 0.6) is 0 Å².